The van der Waals surface area contributed by atoms with Gasteiger partial charge in [0, 0.05) is 12.7 Å². The smallest absolute Gasteiger partial charge is 0.276 e. The monoisotopic (exact) mass is 246 g/mol. The summed E-state index contributed by atoms with van der Waals surface area (Å²) in [6.45, 7) is 8.49. The zero-order chi connectivity index (χ0) is 11.5. The van der Waals surface area contributed by atoms with Gasteiger partial charge in [0.15, 0.2) is 0 Å². The first-order valence-corrected chi connectivity index (χ1v) is 6.59. The molecule has 0 radical (unpaired) electrons. The fraction of sp³-hybridized carbons (Fsp3) is 0.800. The van der Waals surface area contributed by atoms with Gasteiger partial charge in [-0.05, 0) is 17.1 Å². The lowest BCUT2D eigenvalue weighted by atomic mass is 9.83. The molecule has 1 unspecified atom stereocenters. The molecule has 0 aliphatic rings. The number of thiol groups is 1. The summed E-state index contributed by atoms with van der Waals surface area (Å²) in [7, 11) is 0. The first kappa shape index (κ1) is 12.9. The van der Waals surface area contributed by atoms with Gasteiger partial charge in [-0.1, -0.05) is 32.5 Å². The molecule has 1 rings (SSSR count). The van der Waals surface area contributed by atoms with Crippen molar-refractivity contribution in [3.8, 4) is 0 Å². The lowest BCUT2D eigenvalue weighted by Crippen LogP contribution is -2.24. The largest absolute Gasteiger partial charge is 0.416 e. The SMILES string of the molecule is Cc1nnc(SCC(CS)C(C)(C)C)o1. The van der Waals surface area contributed by atoms with Crippen molar-refractivity contribution in [2.75, 3.05) is 11.5 Å². The molecule has 86 valence electrons. The predicted octanol–water partition coefficient (Wildman–Crippen LogP) is 3.06. The number of aromatic nitrogens is 2. The van der Waals surface area contributed by atoms with Crippen LogP contribution >= 0.6 is 24.4 Å². The van der Waals surface area contributed by atoms with Gasteiger partial charge in [-0.15, -0.1) is 10.2 Å². The molecule has 1 aromatic heterocycles. The second-order valence-corrected chi connectivity index (χ2v) is 5.98. The highest BCUT2D eigenvalue weighted by Crippen LogP contribution is 2.31. The maximum absolute atomic E-state index is 5.31. The van der Waals surface area contributed by atoms with Crippen molar-refractivity contribution in [1.82, 2.24) is 10.2 Å². The summed E-state index contributed by atoms with van der Waals surface area (Å²) in [4.78, 5) is 0. The van der Waals surface area contributed by atoms with Gasteiger partial charge >= 0.3 is 0 Å². The number of hydrogen-bond donors (Lipinski definition) is 1. The van der Waals surface area contributed by atoms with Crippen molar-refractivity contribution >= 4 is 24.4 Å². The van der Waals surface area contributed by atoms with E-state index in [1.165, 1.54) is 0 Å². The summed E-state index contributed by atoms with van der Waals surface area (Å²) in [5, 5.41) is 8.41. The molecule has 0 saturated carbocycles. The molecule has 15 heavy (non-hydrogen) atoms. The van der Waals surface area contributed by atoms with Crippen LogP contribution in [0.5, 0.6) is 0 Å². The average Bonchev–Trinajstić information content (AvgIpc) is 2.50. The van der Waals surface area contributed by atoms with Crippen molar-refractivity contribution in [2.45, 2.75) is 32.9 Å². The van der Waals surface area contributed by atoms with Crippen LogP contribution in [0.1, 0.15) is 26.7 Å². The van der Waals surface area contributed by atoms with Crippen LogP contribution in [0.3, 0.4) is 0 Å². The van der Waals surface area contributed by atoms with Crippen LogP contribution < -0.4 is 0 Å². The van der Waals surface area contributed by atoms with Crippen molar-refractivity contribution in [2.24, 2.45) is 11.3 Å². The molecule has 0 spiro atoms. The van der Waals surface area contributed by atoms with E-state index in [0.29, 0.717) is 17.0 Å². The van der Waals surface area contributed by atoms with Crippen molar-refractivity contribution in [3.63, 3.8) is 0 Å². The predicted molar refractivity (Wildman–Crippen MR) is 66.6 cm³/mol. The Balaban J connectivity index is 2.48. The molecule has 0 bridgehead atoms. The van der Waals surface area contributed by atoms with Gasteiger partial charge in [0.25, 0.3) is 5.22 Å². The fourth-order valence-electron chi connectivity index (χ4n) is 1.09. The van der Waals surface area contributed by atoms with Gasteiger partial charge in [-0.2, -0.15) is 12.6 Å². The Labute approximate surface area is 101 Å². The van der Waals surface area contributed by atoms with Crippen LogP contribution in [0, 0.1) is 18.3 Å². The topological polar surface area (TPSA) is 38.9 Å². The summed E-state index contributed by atoms with van der Waals surface area (Å²) in [5.74, 6) is 3.01. The van der Waals surface area contributed by atoms with Crippen LogP contribution in [0.2, 0.25) is 0 Å². The van der Waals surface area contributed by atoms with Crippen LogP contribution in [0.4, 0.5) is 0 Å². The summed E-state index contributed by atoms with van der Waals surface area (Å²) < 4.78 is 5.31. The highest BCUT2D eigenvalue weighted by molar-refractivity contribution is 7.99. The van der Waals surface area contributed by atoms with E-state index in [-0.39, 0.29) is 5.41 Å². The second-order valence-electron chi connectivity index (χ2n) is 4.64. The third-order valence-electron chi connectivity index (χ3n) is 2.36. The molecule has 0 amide bonds. The normalized spacial score (nSPS) is 14.2. The Morgan fingerprint density at radius 3 is 2.47 bits per heavy atom. The lowest BCUT2D eigenvalue weighted by Gasteiger charge is -2.28. The Bertz CT molecular complexity index is 307. The van der Waals surface area contributed by atoms with Crippen molar-refractivity contribution in [1.29, 1.82) is 0 Å². The number of aryl methyl sites for hydroxylation is 1. The molecule has 0 aliphatic heterocycles. The maximum Gasteiger partial charge on any atom is 0.276 e. The van der Waals surface area contributed by atoms with Gasteiger partial charge in [-0.3, -0.25) is 0 Å². The summed E-state index contributed by atoms with van der Waals surface area (Å²) in [6, 6.07) is 0. The Morgan fingerprint density at radius 1 is 1.40 bits per heavy atom. The van der Waals surface area contributed by atoms with E-state index in [0.717, 1.165) is 11.5 Å². The van der Waals surface area contributed by atoms with E-state index in [2.05, 4.69) is 43.6 Å². The highest BCUT2D eigenvalue weighted by atomic mass is 32.2. The van der Waals surface area contributed by atoms with E-state index < -0.39 is 0 Å². The van der Waals surface area contributed by atoms with Gasteiger partial charge in [0.2, 0.25) is 5.89 Å². The first-order chi connectivity index (χ1) is 6.93. The lowest BCUT2D eigenvalue weighted by molar-refractivity contribution is 0.293. The van der Waals surface area contributed by atoms with Gasteiger partial charge in [0.1, 0.15) is 0 Å². The van der Waals surface area contributed by atoms with E-state index in [9.17, 15) is 0 Å². The van der Waals surface area contributed by atoms with Crippen molar-refractivity contribution in [3.05, 3.63) is 5.89 Å². The minimum atomic E-state index is 0.268. The third-order valence-corrected chi connectivity index (χ3v) is 3.78. The third kappa shape index (κ3) is 4.07. The molecule has 0 fully saturated rings. The molecule has 3 nitrogen and oxygen atoms in total. The molecule has 0 aliphatic carbocycles. The Morgan fingerprint density at radius 2 is 2.07 bits per heavy atom. The second kappa shape index (κ2) is 5.25. The summed E-state index contributed by atoms with van der Waals surface area (Å²) in [5.41, 5.74) is 0.268. The average molecular weight is 246 g/mol. The first-order valence-electron chi connectivity index (χ1n) is 4.97. The summed E-state index contributed by atoms with van der Waals surface area (Å²) in [6.07, 6.45) is 0. The van der Waals surface area contributed by atoms with E-state index in [1.54, 1.807) is 18.7 Å². The van der Waals surface area contributed by atoms with E-state index in [1.807, 2.05) is 0 Å². The molecule has 1 atom stereocenters. The highest BCUT2D eigenvalue weighted by Gasteiger charge is 2.24. The molecule has 1 aromatic rings. The van der Waals surface area contributed by atoms with Crippen LogP contribution in [-0.2, 0) is 0 Å². The minimum Gasteiger partial charge on any atom is -0.416 e. The van der Waals surface area contributed by atoms with Gasteiger partial charge in [0.05, 0.1) is 0 Å². The molecule has 1 heterocycles. The van der Waals surface area contributed by atoms with Crippen LogP contribution in [0.15, 0.2) is 9.64 Å². The number of nitrogens with zero attached hydrogens (tertiary/aromatic N) is 2. The van der Waals surface area contributed by atoms with Crippen LogP contribution in [0.25, 0.3) is 0 Å². The number of rotatable bonds is 4. The van der Waals surface area contributed by atoms with E-state index in [4.69, 9.17) is 4.42 Å². The number of hydrogen-bond acceptors (Lipinski definition) is 5. The standard InChI is InChI=1S/C10H18N2OS2/c1-7-11-12-9(13-7)15-6-8(5-14)10(2,3)4/h8,14H,5-6H2,1-4H3. The van der Waals surface area contributed by atoms with Crippen molar-refractivity contribution < 1.29 is 4.42 Å². The van der Waals surface area contributed by atoms with Crippen LogP contribution in [-0.4, -0.2) is 21.7 Å². The molecular formula is C10H18N2OS2. The minimum absolute atomic E-state index is 0.268. The quantitative estimate of drug-likeness (QED) is 0.654. The molecular weight excluding hydrogens is 228 g/mol. The molecule has 0 aromatic carbocycles. The maximum atomic E-state index is 5.31. The molecule has 0 N–H and O–H groups in total. The number of thioether (sulfide) groups is 1. The summed E-state index contributed by atoms with van der Waals surface area (Å²) >= 11 is 5.99. The van der Waals surface area contributed by atoms with Gasteiger partial charge < -0.3 is 4.42 Å². The Hall–Kier alpha value is -0.160. The van der Waals surface area contributed by atoms with E-state index >= 15 is 0 Å². The molecule has 5 heteroatoms. The van der Waals surface area contributed by atoms with Gasteiger partial charge in [-0.25, -0.2) is 0 Å². The Kier molecular flexibility index (Phi) is 4.52. The zero-order valence-corrected chi connectivity index (χ0v) is 11.4. The fourth-order valence-corrected chi connectivity index (χ4v) is 3.18. The molecule has 0 saturated heterocycles. The zero-order valence-electron chi connectivity index (χ0n) is 9.65.